The quantitative estimate of drug-likeness (QED) is 0.520. The smallest absolute Gasteiger partial charge is 0.305 e. The van der Waals surface area contributed by atoms with Crippen LogP contribution in [0.25, 0.3) is 0 Å². The average Bonchev–Trinajstić information content (AvgIpc) is 2.31. The van der Waals surface area contributed by atoms with Crippen molar-refractivity contribution < 1.29 is 15.0 Å². The molecule has 3 nitrogen and oxygen atoms in total. The lowest BCUT2D eigenvalue weighted by molar-refractivity contribution is -0.139. The fourth-order valence-electron chi connectivity index (χ4n) is 2.17. The van der Waals surface area contributed by atoms with E-state index in [-0.39, 0.29) is 12.3 Å². The highest BCUT2D eigenvalue weighted by Crippen LogP contribution is 2.17. The standard InChI is InChI=1S/C15H30O3/c1-3-4-5-6-7-8-9-10-11-13(2)14(16)12-15(17)18/h13-14,16H,3-12H2,1-2H3,(H,17,18). The largest absolute Gasteiger partial charge is 0.481 e. The van der Waals surface area contributed by atoms with Crippen LogP contribution in [0.2, 0.25) is 0 Å². The molecule has 0 amide bonds. The molecule has 0 saturated heterocycles. The maximum absolute atomic E-state index is 10.5. The van der Waals surface area contributed by atoms with E-state index < -0.39 is 12.1 Å². The minimum atomic E-state index is -0.912. The Hall–Kier alpha value is -0.570. The molecule has 0 rings (SSSR count). The molecule has 0 bridgehead atoms. The third-order valence-corrected chi connectivity index (χ3v) is 3.55. The van der Waals surface area contributed by atoms with Crippen LogP contribution in [-0.4, -0.2) is 22.3 Å². The van der Waals surface area contributed by atoms with Crippen LogP contribution in [0.3, 0.4) is 0 Å². The first-order valence-electron chi connectivity index (χ1n) is 7.47. The van der Waals surface area contributed by atoms with E-state index in [9.17, 15) is 9.90 Å². The number of hydrogen-bond acceptors (Lipinski definition) is 2. The molecule has 2 N–H and O–H groups in total. The highest BCUT2D eigenvalue weighted by atomic mass is 16.4. The summed E-state index contributed by atoms with van der Waals surface area (Å²) in [5, 5.41) is 18.2. The summed E-state index contributed by atoms with van der Waals surface area (Å²) in [6.45, 7) is 4.17. The number of carboxylic acid groups (broad SMARTS) is 1. The summed E-state index contributed by atoms with van der Waals surface area (Å²) in [5.74, 6) is -0.813. The molecule has 0 aromatic heterocycles. The maximum atomic E-state index is 10.5. The average molecular weight is 258 g/mol. The summed E-state index contributed by atoms with van der Waals surface area (Å²) >= 11 is 0. The van der Waals surface area contributed by atoms with Crippen molar-refractivity contribution in [2.75, 3.05) is 0 Å². The van der Waals surface area contributed by atoms with Crippen molar-refractivity contribution >= 4 is 5.97 Å². The number of rotatable bonds is 12. The lowest BCUT2D eigenvalue weighted by Gasteiger charge is -2.16. The number of aliphatic hydroxyl groups excluding tert-OH is 1. The van der Waals surface area contributed by atoms with Gasteiger partial charge in [-0.1, -0.05) is 65.2 Å². The predicted octanol–water partition coefficient (Wildman–Crippen LogP) is 3.99. The number of hydrogen-bond donors (Lipinski definition) is 2. The van der Waals surface area contributed by atoms with E-state index in [1.54, 1.807) is 0 Å². The maximum Gasteiger partial charge on any atom is 0.305 e. The molecule has 18 heavy (non-hydrogen) atoms. The number of unbranched alkanes of at least 4 members (excludes halogenated alkanes) is 7. The van der Waals surface area contributed by atoms with Crippen LogP contribution in [0.4, 0.5) is 0 Å². The van der Waals surface area contributed by atoms with Crippen LogP contribution in [0.1, 0.15) is 78.1 Å². The van der Waals surface area contributed by atoms with Gasteiger partial charge in [0.1, 0.15) is 0 Å². The van der Waals surface area contributed by atoms with E-state index in [2.05, 4.69) is 6.92 Å². The Kier molecular flexibility index (Phi) is 11.2. The number of carbonyl (C=O) groups is 1. The second-order valence-corrected chi connectivity index (χ2v) is 5.41. The molecule has 2 unspecified atom stereocenters. The van der Waals surface area contributed by atoms with Crippen molar-refractivity contribution in [3.63, 3.8) is 0 Å². The van der Waals surface area contributed by atoms with Gasteiger partial charge in [0.05, 0.1) is 12.5 Å². The van der Waals surface area contributed by atoms with Gasteiger partial charge in [-0.25, -0.2) is 0 Å². The molecule has 0 fully saturated rings. The topological polar surface area (TPSA) is 57.5 Å². The first kappa shape index (κ1) is 17.4. The SMILES string of the molecule is CCCCCCCCCCC(C)C(O)CC(=O)O. The first-order valence-corrected chi connectivity index (χ1v) is 7.47. The molecule has 0 aromatic carbocycles. The van der Waals surface area contributed by atoms with Crippen molar-refractivity contribution in [1.82, 2.24) is 0 Å². The van der Waals surface area contributed by atoms with Gasteiger partial charge in [0, 0.05) is 0 Å². The minimum Gasteiger partial charge on any atom is -0.481 e. The molecule has 0 aromatic rings. The lowest BCUT2D eigenvalue weighted by Crippen LogP contribution is -2.21. The summed E-state index contributed by atoms with van der Waals surface area (Å²) in [4.78, 5) is 10.5. The molecule has 2 atom stereocenters. The Morgan fingerprint density at radius 1 is 1.00 bits per heavy atom. The number of aliphatic carboxylic acids is 1. The van der Waals surface area contributed by atoms with Crippen molar-refractivity contribution in [2.45, 2.75) is 84.2 Å². The lowest BCUT2D eigenvalue weighted by atomic mass is 9.95. The molecule has 0 radical (unpaired) electrons. The molecule has 0 spiro atoms. The zero-order chi connectivity index (χ0) is 13.8. The zero-order valence-corrected chi connectivity index (χ0v) is 12.0. The molecular weight excluding hydrogens is 228 g/mol. The Bertz CT molecular complexity index is 204. The predicted molar refractivity (Wildman–Crippen MR) is 74.7 cm³/mol. The van der Waals surface area contributed by atoms with Crippen molar-refractivity contribution in [3.8, 4) is 0 Å². The summed E-state index contributed by atoms with van der Waals surface area (Å²) in [6.07, 6.45) is 10.3. The minimum absolute atomic E-state index is 0.0983. The second kappa shape index (κ2) is 11.5. The van der Waals surface area contributed by atoms with Crippen LogP contribution in [-0.2, 0) is 4.79 Å². The van der Waals surface area contributed by atoms with Gasteiger partial charge in [-0.15, -0.1) is 0 Å². The van der Waals surface area contributed by atoms with E-state index in [4.69, 9.17) is 5.11 Å². The Morgan fingerprint density at radius 3 is 2.00 bits per heavy atom. The Morgan fingerprint density at radius 2 is 1.50 bits per heavy atom. The third-order valence-electron chi connectivity index (χ3n) is 3.55. The van der Waals surface area contributed by atoms with Crippen LogP contribution in [0.5, 0.6) is 0 Å². The molecule has 0 aliphatic heterocycles. The second-order valence-electron chi connectivity index (χ2n) is 5.41. The molecule has 0 aliphatic carbocycles. The normalized spacial score (nSPS) is 14.4. The van der Waals surface area contributed by atoms with Gasteiger partial charge < -0.3 is 10.2 Å². The molecule has 3 heteroatoms. The summed E-state index contributed by atoms with van der Waals surface area (Å²) in [5.41, 5.74) is 0. The highest BCUT2D eigenvalue weighted by molar-refractivity contribution is 5.67. The highest BCUT2D eigenvalue weighted by Gasteiger charge is 2.16. The molecular formula is C15H30O3. The third kappa shape index (κ3) is 10.6. The van der Waals surface area contributed by atoms with E-state index in [0.29, 0.717) is 0 Å². The summed E-state index contributed by atoms with van der Waals surface area (Å²) in [7, 11) is 0. The van der Waals surface area contributed by atoms with E-state index in [1.807, 2.05) is 6.92 Å². The Labute approximate surface area is 112 Å². The molecule has 0 saturated carbocycles. The van der Waals surface area contributed by atoms with E-state index >= 15 is 0 Å². The fourth-order valence-corrected chi connectivity index (χ4v) is 2.17. The van der Waals surface area contributed by atoms with Crippen LogP contribution in [0.15, 0.2) is 0 Å². The number of aliphatic hydroxyl groups is 1. The van der Waals surface area contributed by atoms with Crippen LogP contribution < -0.4 is 0 Å². The molecule has 108 valence electrons. The van der Waals surface area contributed by atoms with Gasteiger partial charge in [-0.2, -0.15) is 0 Å². The molecule has 0 heterocycles. The van der Waals surface area contributed by atoms with Gasteiger partial charge >= 0.3 is 5.97 Å². The van der Waals surface area contributed by atoms with E-state index in [0.717, 1.165) is 12.8 Å². The monoisotopic (exact) mass is 258 g/mol. The zero-order valence-electron chi connectivity index (χ0n) is 12.0. The summed E-state index contributed by atoms with van der Waals surface area (Å²) in [6, 6.07) is 0. The van der Waals surface area contributed by atoms with Gasteiger partial charge in [-0.05, 0) is 12.3 Å². The molecule has 0 aliphatic rings. The van der Waals surface area contributed by atoms with Gasteiger partial charge in [-0.3, -0.25) is 4.79 Å². The van der Waals surface area contributed by atoms with E-state index in [1.165, 1.54) is 44.9 Å². The van der Waals surface area contributed by atoms with Gasteiger partial charge in [0.2, 0.25) is 0 Å². The van der Waals surface area contributed by atoms with Crippen LogP contribution >= 0.6 is 0 Å². The number of carboxylic acids is 1. The van der Waals surface area contributed by atoms with Crippen LogP contribution in [0, 0.1) is 5.92 Å². The fraction of sp³-hybridized carbons (Fsp3) is 0.933. The van der Waals surface area contributed by atoms with Crippen molar-refractivity contribution in [3.05, 3.63) is 0 Å². The van der Waals surface area contributed by atoms with Gasteiger partial charge in [0.15, 0.2) is 0 Å². The Balaban J connectivity index is 3.34. The van der Waals surface area contributed by atoms with Crippen molar-refractivity contribution in [1.29, 1.82) is 0 Å². The van der Waals surface area contributed by atoms with Gasteiger partial charge in [0.25, 0.3) is 0 Å². The summed E-state index contributed by atoms with van der Waals surface area (Å²) < 4.78 is 0. The van der Waals surface area contributed by atoms with Crippen molar-refractivity contribution in [2.24, 2.45) is 5.92 Å². The first-order chi connectivity index (χ1) is 8.57.